The van der Waals surface area contributed by atoms with Gasteiger partial charge in [-0.25, -0.2) is 4.68 Å². The van der Waals surface area contributed by atoms with Crippen molar-refractivity contribution in [2.45, 2.75) is 39.1 Å². The zero-order valence-electron chi connectivity index (χ0n) is 8.41. The van der Waals surface area contributed by atoms with E-state index in [1.807, 2.05) is 0 Å². The van der Waals surface area contributed by atoms with Crippen LogP contribution in [0.1, 0.15) is 37.7 Å². The van der Waals surface area contributed by atoms with E-state index in [4.69, 9.17) is 5.11 Å². The molecule has 1 rings (SSSR count). The first-order valence-electron chi connectivity index (χ1n) is 4.53. The van der Waals surface area contributed by atoms with Crippen LogP contribution in [-0.4, -0.2) is 20.1 Å². The second kappa shape index (κ2) is 4.18. The molecule has 1 N–H and O–H groups in total. The minimum Gasteiger partial charge on any atom is -0.390 e. The minimum atomic E-state index is -4.54. The van der Waals surface area contributed by atoms with Gasteiger partial charge in [0.2, 0.25) is 0 Å². The van der Waals surface area contributed by atoms with Crippen LogP contribution in [0.25, 0.3) is 0 Å². The number of hydrogen-bond acceptors (Lipinski definition) is 3. The molecule has 1 aromatic heterocycles. The van der Waals surface area contributed by atoms with Gasteiger partial charge < -0.3 is 5.11 Å². The van der Waals surface area contributed by atoms with Gasteiger partial charge in [-0.2, -0.15) is 13.2 Å². The molecule has 1 atom stereocenters. The van der Waals surface area contributed by atoms with E-state index in [1.165, 1.54) is 0 Å². The highest BCUT2D eigenvalue weighted by molar-refractivity contribution is 5.13. The van der Waals surface area contributed by atoms with Gasteiger partial charge >= 0.3 is 6.18 Å². The van der Waals surface area contributed by atoms with E-state index in [0.717, 1.165) is 4.68 Å². The Labute approximate surface area is 84.7 Å². The van der Waals surface area contributed by atoms with Gasteiger partial charge in [-0.05, 0) is 13.3 Å². The van der Waals surface area contributed by atoms with Gasteiger partial charge in [-0.15, -0.1) is 5.10 Å². The Morgan fingerprint density at radius 1 is 1.47 bits per heavy atom. The molecule has 1 heterocycles. The molecule has 0 aliphatic heterocycles. The van der Waals surface area contributed by atoms with Crippen LogP contribution in [0.5, 0.6) is 0 Å². The lowest BCUT2D eigenvalue weighted by atomic mass is 10.2. The number of rotatable bonds is 3. The second-order valence-electron chi connectivity index (χ2n) is 3.24. The van der Waals surface area contributed by atoms with Gasteiger partial charge in [0.25, 0.3) is 0 Å². The lowest BCUT2D eigenvalue weighted by Gasteiger charge is -2.14. The van der Waals surface area contributed by atoms with Gasteiger partial charge in [0, 0.05) is 0 Å². The van der Waals surface area contributed by atoms with Crippen molar-refractivity contribution in [1.82, 2.24) is 15.0 Å². The summed E-state index contributed by atoms with van der Waals surface area (Å²) in [5.41, 5.74) is -1.39. The lowest BCUT2D eigenvalue weighted by Crippen LogP contribution is -2.19. The Kier molecular flexibility index (Phi) is 3.33. The zero-order chi connectivity index (χ0) is 11.6. The van der Waals surface area contributed by atoms with Gasteiger partial charge in [-0.3, -0.25) is 0 Å². The van der Waals surface area contributed by atoms with E-state index in [1.54, 1.807) is 13.8 Å². The van der Waals surface area contributed by atoms with Crippen molar-refractivity contribution in [1.29, 1.82) is 0 Å². The molecule has 0 spiro atoms. The summed E-state index contributed by atoms with van der Waals surface area (Å²) in [5, 5.41) is 15.5. The molecule has 15 heavy (non-hydrogen) atoms. The number of hydrogen-bond donors (Lipinski definition) is 1. The summed E-state index contributed by atoms with van der Waals surface area (Å²) < 4.78 is 38.7. The minimum absolute atomic E-state index is 0.394. The summed E-state index contributed by atoms with van der Waals surface area (Å²) in [6, 6.07) is -0.394. The third-order valence-corrected chi connectivity index (χ3v) is 2.19. The van der Waals surface area contributed by atoms with Crippen molar-refractivity contribution in [3.05, 3.63) is 11.4 Å². The second-order valence-corrected chi connectivity index (χ2v) is 3.24. The Morgan fingerprint density at radius 3 is 2.47 bits per heavy atom. The maximum Gasteiger partial charge on any atom is 0.435 e. The van der Waals surface area contributed by atoms with Crippen molar-refractivity contribution in [3.63, 3.8) is 0 Å². The molecule has 0 fully saturated rings. The van der Waals surface area contributed by atoms with Gasteiger partial charge in [0.05, 0.1) is 12.6 Å². The number of aliphatic hydroxyl groups is 1. The molecule has 0 bridgehead atoms. The molecule has 0 radical (unpaired) electrons. The summed E-state index contributed by atoms with van der Waals surface area (Å²) in [5.74, 6) is 0. The van der Waals surface area contributed by atoms with Crippen LogP contribution in [0.15, 0.2) is 0 Å². The first kappa shape index (κ1) is 12.0. The largest absolute Gasteiger partial charge is 0.435 e. The molecule has 0 aliphatic rings. The summed E-state index contributed by atoms with van der Waals surface area (Å²) in [6.45, 7) is 2.61. The van der Waals surface area contributed by atoms with Crippen molar-refractivity contribution in [2.75, 3.05) is 0 Å². The average Bonchev–Trinajstić information content (AvgIpc) is 2.59. The monoisotopic (exact) mass is 223 g/mol. The quantitative estimate of drug-likeness (QED) is 0.849. The van der Waals surface area contributed by atoms with Crippen LogP contribution < -0.4 is 0 Å². The van der Waals surface area contributed by atoms with E-state index in [9.17, 15) is 13.2 Å². The molecule has 0 aliphatic carbocycles. The Bertz CT molecular complexity index is 334. The SMILES string of the molecule is CCC(C)n1nnc(CO)c1C(F)(F)F. The van der Waals surface area contributed by atoms with Crippen molar-refractivity contribution >= 4 is 0 Å². The maximum absolute atomic E-state index is 12.6. The number of alkyl halides is 3. The molecule has 4 nitrogen and oxygen atoms in total. The maximum atomic E-state index is 12.6. The third-order valence-electron chi connectivity index (χ3n) is 2.19. The summed E-state index contributed by atoms with van der Waals surface area (Å²) >= 11 is 0. The fraction of sp³-hybridized carbons (Fsp3) is 0.750. The van der Waals surface area contributed by atoms with Gasteiger partial charge in [-0.1, -0.05) is 12.1 Å². The van der Waals surface area contributed by atoms with Crippen molar-refractivity contribution in [2.24, 2.45) is 0 Å². The van der Waals surface area contributed by atoms with Crippen LogP contribution in [0.3, 0.4) is 0 Å². The average molecular weight is 223 g/mol. The molecule has 7 heteroatoms. The van der Waals surface area contributed by atoms with Crippen molar-refractivity contribution in [3.8, 4) is 0 Å². The molecule has 1 unspecified atom stereocenters. The molecular weight excluding hydrogens is 211 g/mol. The highest BCUT2D eigenvalue weighted by atomic mass is 19.4. The molecule has 0 saturated carbocycles. The van der Waals surface area contributed by atoms with Crippen LogP contribution in [0.4, 0.5) is 13.2 Å². The fourth-order valence-corrected chi connectivity index (χ4v) is 1.21. The lowest BCUT2D eigenvalue weighted by molar-refractivity contribution is -0.146. The zero-order valence-corrected chi connectivity index (χ0v) is 8.41. The molecule has 0 saturated heterocycles. The predicted octanol–water partition coefficient (Wildman–Crippen LogP) is 1.76. The van der Waals surface area contributed by atoms with Gasteiger partial charge in [0.15, 0.2) is 5.69 Å². The summed E-state index contributed by atoms with van der Waals surface area (Å²) in [6.07, 6.45) is -4.03. The topological polar surface area (TPSA) is 50.9 Å². The number of aliphatic hydroxyl groups excluding tert-OH is 1. The number of halogens is 3. The molecule has 0 aromatic carbocycles. The first-order valence-corrected chi connectivity index (χ1v) is 4.53. The highest BCUT2D eigenvalue weighted by Crippen LogP contribution is 2.33. The highest BCUT2D eigenvalue weighted by Gasteiger charge is 2.39. The van der Waals surface area contributed by atoms with Crippen LogP contribution in [0.2, 0.25) is 0 Å². The van der Waals surface area contributed by atoms with E-state index in [2.05, 4.69) is 10.3 Å². The van der Waals surface area contributed by atoms with Crippen LogP contribution >= 0.6 is 0 Å². The van der Waals surface area contributed by atoms with E-state index < -0.39 is 30.2 Å². The van der Waals surface area contributed by atoms with E-state index >= 15 is 0 Å². The Balaban J connectivity index is 3.23. The van der Waals surface area contributed by atoms with E-state index in [0.29, 0.717) is 6.42 Å². The van der Waals surface area contributed by atoms with Crippen LogP contribution in [-0.2, 0) is 12.8 Å². The van der Waals surface area contributed by atoms with E-state index in [-0.39, 0.29) is 0 Å². The summed E-state index contributed by atoms with van der Waals surface area (Å²) in [7, 11) is 0. The molecule has 86 valence electrons. The molecule has 1 aromatic rings. The summed E-state index contributed by atoms with van der Waals surface area (Å²) in [4.78, 5) is 0. The first-order chi connectivity index (χ1) is 6.91. The van der Waals surface area contributed by atoms with Crippen molar-refractivity contribution < 1.29 is 18.3 Å². The third kappa shape index (κ3) is 2.28. The standard InChI is InChI=1S/C8H12F3N3O/c1-3-5(2)14-7(8(9,10)11)6(4-15)12-13-14/h5,15H,3-4H2,1-2H3. The van der Waals surface area contributed by atoms with Crippen LogP contribution in [0, 0.1) is 0 Å². The fourth-order valence-electron chi connectivity index (χ4n) is 1.21. The Hall–Kier alpha value is -1.11. The van der Waals surface area contributed by atoms with Gasteiger partial charge in [0.1, 0.15) is 5.69 Å². The molecular formula is C8H12F3N3O. The number of aromatic nitrogens is 3. The predicted molar refractivity (Wildman–Crippen MR) is 45.9 cm³/mol. The molecule has 0 amide bonds. The smallest absolute Gasteiger partial charge is 0.390 e. The number of nitrogens with zero attached hydrogens (tertiary/aromatic N) is 3. The Morgan fingerprint density at radius 2 is 2.07 bits per heavy atom. The normalized spacial score (nSPS) is 14.3.